The van der Waals surface area contributed by atoms with Gasteiger partial charge in [0.2, 0.25) is 0 Å². The Morgan fingerprint density at radius 2 is 1.55 bits per heavy atom. The van der Waals surface area contributed by atoms with Gasteiger partial charge in [-0.25, -0.2) is 8.42 Å². The van der Waals surface area contributed by atoms with Crippen LogP contribution in [0.4, 0.5) is 5.69 Å². The maximum Gasteiger partial charge on any atom is 0.278 e. The number of hydrogen-bond donors (Lipinski definition) is 0. The maximum absolute atomic E-state index is 13.6. The van der Waals surface area contributed by atoms with Crippen LogP contribution in [0.5, 0.6) is 5.75 Å². The van der Waals surface area contributed by atoms with E-state index < -0.39 is 22.5 Å². The molecule has 1 amide bonds. The number of nitrogens with zero attached hydrogens (tertiary/aromatic N) is 1. The number of ether oxygens (including phenoxy) is 1. The summed E-state index contributed by atoms with van der Waals surface area (Å²) in [5, 5.41) is 0.405. The lowest BCUT2D eigenvalue weighted by atomic mass is 10.0. The Labute approximate surface area is 201 Å². The standard InChI is InChI=1S/C26H28ClNO4S/c1-17(2)23-13-7-19(4)15-25(23)32-16-26(29)28(24-14-18(3)6-8-20(24)5)33(30,31)22-11-9-21(27)10-12-22/h6-15,17H,16H2,1-5H3. The third-order valence-corrected chi connectivity index (χ3v) is 7.30. The Hall–Kier alpha value is -2.83. The van der Waals surface area contributed by atoms with Crippen LogP contribution in [0.1, 0.15) is 42.0 Å². The lowest BCUT2D eigenvalue weighted by molar-refractivity contribution is -0.119. The third-order valence-electron chi connectivity index (χ3n) is 5.30. The monoisotopic (exact) mass is 485 g/mol. The average molecular weight is 486 g/mol. The summed E-state index contributed by atoms with van der Waals surface area (Å²) in [7, 11) is -4.20. The highest BCUT2D eigenvalue weighted by atomic mass is 35.5. The normalized spacial score (nSPS) is 11.5. The van der Waals surface area contributed by atoms with E-state index in [-0.39, 0.29) is 10.8 Å². The van der Waals surface area contributed by atoms with Gasteiger partial charge in [-0.15, -0.1) is 0 Å². The molecule has 0 fully saturated rings. The zero-order valence-corrected chi connectivity index (χ0v) is 21.0. The van der Waals surface area contributed by atoms with Gasteiger partial charge in [-0.2, -0.15) is 4.31 Å². The Balaban J connectivity index is 2.03. The van der Waals surface area contributed by atoms with Gasteiger partial charge in [0, 0.05) is 5.02 Å². The molecule has 0 saturated heterocycles. The van der Waals surface area contributed by atoms with Crippen molar-refractivity contribution in [3.63, 3.8) is 0 Å². The number of sulfonamides is 1. The fourth-order valence-electron chi connectivity index (χ4n) is 3.49. The van der Waals surface area contributed by atoms with Gasteiger partial charge < -0.3 is 4.74 Å². The van der Waals surface area contributed by atoms with Gasteiger partial charge in [0.1, 0.15) is 5.75 Å². The summed E-state index contributed by atoms with van der Waals surface area (Å²) in [4.78, 5) is 13.4. The van der Waals surface area contributed by atoms with Crippen LogP contribution < -0.4 is 9.04 Å². The summed E-state index contributed by atoms with van der Waals surface area (Å²) < 4.78 is 33.9. The molecule has 5 nitrogen and oxygen atoms in total. The number of carbonyl (C=O) groups is 1. The van der Waals surface area contributed by atoms with E-state index in [1.165, 1.54) is 24.3 Å². The van der Waals surface area contributed by atoms with E-state index in [2.05, 4.69) is 0 Å². The molecule has 174 valence electrons. The van der Waals surface area contributed by atoms with Crippen LogP contribution in [0.3, 0.4) is 0 Å². The molecule has 3 aromatic rings. The van der Waals surface area contributed by atoms with Crippen LogP contribution in [0.25, 0.3) is 0 Å². The molecular weight excluding hydrogens is 458 g/mol. The fourth-order valence-corrected chi connectivity index (χ4v) is 5.08. The van der Waals surface area contributed by atoms with Gasteiger partial charge in [0.05, 0.1) is 10.6 Å². The fraction of sp³-hybridized carbons (Fsp3) is 0.269. The minimum atomic E-state index is -4.20. The Bertz CT molecular complexity index is 1270. The van der Waals surface area contributed by atoms with Crippen molar-refractivity contribution in [2.45, 2.75) is 45.4 Å². The minimum Gasteiger partial charge on any atom is -0.483 e. The average Bonchev–Trinajstić information content (AvgIpc) is 2.75. The van der Waals surface area contributed by atoms with E-state index >= 15 is 0 Å². The van der Waals surface area contributed by atoms with Gasteiger partial charge >= 0.3 is 0 Å². The molecule has 0 atom stereocenters. The minimum absolute atomic E-state index is 0.0282. The second-order valence-corrected chi connectivity index (χ2v) is 10.6. The number of hydrogen-bond acceptors (Lipinski definition) is 4. The number of aryl methyl sites for hydroxylation is 3. The first-order valence-electron chi connectivity index (χ1n) is 10.6. The van der Waals surface area contributed by atoms with Crippen LogP contribution in [-0.2, 0) is 14.8 Å². The lowest BCUT2D eigenvalue weighted by Gasteiger charge is -2.25. The van der Waals surface area contributed by atoms with E-state index in [1.54, 1.807) is 19.1 Å². The summed E-state index contributed by atoms with van der Waals surface area (Å²) in [5.41, 5.74) is 3.73. The molecule has 0 N–H and O–H groups in total. The molecular formula is C26H28ClNO4S. The molecule has 0 heterocycles. The van der Waals surface area contributed by atoms with Crippen molar-refractivity contribution in [3.8, 4) is 5.75 Å². The van der Waals surface area contributed by atoms with Gasteiger partial charge in [0.25, 0.3) is 15.9 Å². The maximum atomic E-state index is 13.6. The van der Waals surface area contributed by atoms with E-state index in [4.69, 9.17) is 16.3 Å². The van der Waals surface area contributed by atoms with Crippen molar-refractivity contribution < 1.29 is 17.9 Å². The van der Waals surface area contributed by atoms with Crippen molar-refractivity contribution in [2.75, 3.05) is 10.9 Å². The second kappa shape index (κ2) is 9.98. The number of carbonyl (C=O) groups excluding carboxylic acids is 1. The molecule has 0 spiro atoms. The van der Waals surface area contributed by atoms with E-state index in [1.807, 2.05) is 52.0 Å². The smallest absolute Gasteiger partial charge is 0.278 e. The van der Waals surface area contributed by atoms with E-state index in [0.29, 0.717) is 22.0 Å². The Morgan fingerprint density at radius 1 is 0.939 bits per heavy atom. The molecule has 0 aliphatic rings. The first kappa shape index (κ1) is 24.8. The Morgan fingerprint density at radius 3 is 2.18 bits per heavy atom. The Kier molecular flexibility index (Phi) is 7.50. The predicted molar refractivity (Wildman–Crippen MR) is 133 cm³/mol. The lowest BCUT2D eigenvalue weighted by Crippen LogP contribution is -2.40. The number of halogens is 1. The van der Waals surface area contributed by atoms with Crippen molar-refractivity contribution >= 4 is 33.2 Å². The number of rotatable bonds is 7. The zero-order valence-electron chi connectivity index (χ0n) is 19.4. The first-order valence-corrected chi connectivity index (χ1v) is 12.5. The summed E-state index contributed by atoms with van der Waals surface area (Å²) in [5.74, 6) is 0.0710. The van der Waals surface area contributed by atoms with E-state index in [0.717, 1.165) is 21.0 Å². The molecule has 0 bridgehead atoms. The van der Waals surface area contributed by atoms with Crippen molar-refractivity contribution in [3.05, 3.63) is 87.9 Å². The highest BCUT2D eigenvalue weighted by molar-refractivity contribution is 7.93. The summed E-state index contributed by atoms with van der Waals surface area (Å²) in [6.45, 7) is 9.19. The number of amides is 1. The molecule has 3 rings (SSSR count). The van der Waals surface area contributed by atoms with Crippen molar-refractivity contribution in [1.82, 2.24) is 0 Å². The van der Waals surface area contributed by atoms with Crippen LogP contribution in [0, 0.1) is 20.8 Å². The van der Waals surface area contributed by atoms with Gasteiger partial charge in [-0.3, -0.25) is 4.79 Å². The largest absolute Gasteiger partial charge is 0.483 e. The molecule has 0 saturated carbocycles. The third kappa shape index (κ3) is 5.57. The highest BCUT2D eigenvalue weighted by Crippen LogP contribution is 2.31. The van der Waals surface area contributed by atoms with Crippen LogP contribution in [-0.4, -0.2) is 20.9 Å². The molecule has 33 heavy (non-hydrogen) atoms. The van der Waals surface area contributed by atoms with Crippen LogP contribution >= 0.6 is 11.6 Å². The number of benzene rings is 3. The number of anilines is 1. The van der Waals surface area contributed by atoms with Crippen molar-refractivity contribution in [2.24, 2.45) is 0 Å². The molecule has 3 aromatic carbocycles. The van der Waals surface area contributed by atoms with Crippen molar-refractivity contribution in [1.29, 1.82) is 0 Å². The first-order chi connectivity index (χ1) is 15.5. The summed E-state index contributed by atoms with van der Waals surface area (Å²) >= 11 is 5.94. The van der Waals surface area contributed by atoms with Crippen LogP contribution in [0.15, 0.2) is 65.6 Å². The van der Waals surface area contributed by atoms with Gasteiger partial charge in [0.15, 0.2) is 6.61 Å². The zero-order chi connectivity index (χ0) is 24.3. The SMILES string of the molecule is Cc1ccc(C(C)C)c(OCC(=O)N(c2cc(C)ccc2C)S(=O)(=O)c2ccc(Cl)cc2)c1. The second-order valence-electron chi connectivity index (χ2n) is 8.39. The predicted octanol–water partition coefficient (Wildman–Crippen LogP) is 6.19. The quantitative estimate of drug-likeness (QED) is 0.400. The molecule has 7 heteroatoms. The van der Waals surface area contributed by atoms with Gasteiger partial charge in [-0.1, -0.05) is 49.7 Å². The molecule has 0 aliphatic heterocycles. The molecule has 0 unspecified atom stereocenters. The molecule has 0 aromatic heterocycles. The van der Waals surface area contributed by atoms with Crippen LogP contribution in [0.2, 0.25) is 5.02 Å². The highest BCUT2D eigenvalue weighted by Gasteiger charge is 2.32. The summed E-state index contributed by atoms with van der Waals surface area (Å²) in [6.07, 6.45) is 0. The molecule has 0 aliphatic carbocycles. The molecule has 0 radical (unpaired) electrons. The topological polar surface area (TPSA) is 63.7 Å². The summed E-state index contributed by atoms with van der Waals surface area (Å²) in [6, 6.07) is 16.9. The van der Waals surface area contributed by atoms with Gasteiger partial charge in [-0.05, 0) is 85.3 Å². The van der Waals surface area contributed by atoms with E-state index in [9.17, 15) is 13.2 Å².